The fraction of sp³-hybridized carbons (Fsp3) is 0.444. The van der Waals surface area contributed by atoms with Crippen LogP contribution in [0.25, 0.3) is 5.69 Å². The lowest BCUT2D eigenvalue weighted by Crippen LogP contribution is -2.26. The molecule has 0 radical (unpaired) electrons. The summed E-state index contributed by atoms with van der Waals surface area (Å²) in [6.45, 7) is 1.30. The molecule has 0 saturated carbocycles. The van der Waals surface area contributed by atoms with E-state index in [0.717, 1.165) is 54.2 Å². The first kappa shape index (κ1) is 19.9. The molecule has 0 atom stereocenters. The van der Waals surface area contributed by atoms with Crippen molar-refractivity contribution < 1.29 is 4.79 Å². The van der Waals surface area contributed by atoms with Crippen molar-refractivity contribution in [3.8, 4) is 5.69 Å². The van der Waals surface area contributed by atoms with Gasteiger partial charge in [0.15, 0.2) is 5.69 Å². The number of carbonyl (C=O) groups excluding carboxylic acids is 1. The Labute approximate surface area is 162 Å². The highest BCUT2D eigenvalue weighted by Gasteiger charge is 2.25. The van der Waals surface area contributed by atoms with Crippen molar-refractivity contribution in [3.63, 3.8) is 0 Å². The van der Waals surface area contributed by atoms with Gasteiger partial charge in [0, 0.05) is 22.3 Å². The van der Waals surface area contributed by atoms with Crippen molar-refractivity contribution in [2.45, 2.75) is 38.5 Å². The predicted molar refractivity (Wildman–Crippen MR) is 106 cm³/mol. The third-order valence-electron chi connectivity index (χ3n) is 4.36. The summed E-state index contributed by atoms with van der Waals surface area (Å²) in [7, 11) is 0. The van der Waals surface area contributed by atoms with E-state index >= 15 is 0 Å². The summed E-state index contributed by atoms with van der Waals surface area (Å²) < 4.78 is 2.95. The largest absolute Gasteiger partial charge is 0.351 e. The van der Waals surface area contributed by atoms with Crippen LogP contribution in [0.5, 0.6) is 0 Å². The van der Waals surface area contributed by atoms with Crippen LogP contribution in [0.3, 0.4) is 0 Å². The van der Waals surface area contributed by atoms with Crippen molar-refractivity contribution in [3.05, 3.63) is 45.7 Å². The summed E-state index contributed by atoms with van der Waals surface area (Å²) >= 11 is 3.51. The predicted octanol–water partition coefficient (Wildman–Crippen LogP) is 3.40. The fourth-order valence-electron chi connectivity index (χ4n) is 3.16. The maximum absolute atomic E-state index is 12.6. The molecule has 1 heterocycles. The normalized spacial score (nSPS) is 13.0. The summed E-state index contributed by atoms with van der Waals surface area (Å²) in [6, 6.07) is 8.04. The molecular weight excluding hydrogens is 404 g/mol. The number of aromatic nitrogens is 2. The summed E-state index contributed by atoms with van der Waals surface area (Å²) in [6.07, 6.45) is 5.97. The van der Waals surface area contributed by atoms with Crippen LogP contribution >= 0.6 is 28.3 Å². The number of hydrogen-bond acceptors (Lipinski definition) is 3. The Hall–Kier alpha value is -1.37. The molecule has 1 aliphatic carbocycles. The first-order valence-corrected chi connectivity index (χ1v) is 9.35. The van der Waals surface area contributed by atoms with E-state index in [4.69, 9.17) is 5.73 Å². The van der Waals surface area contributed by atoms with E-state index in [1.54, 1.807) is 0 Å². The first-order chi connectivity index (χ1) is 11.7. The van der Waals surface area contributed by atoms with Gasteiger partial charge in [-0.15, -0.1) is 12.4 Å². The van der Waals surface area contributed by atoms with E-state index in [2.05, 4.69) is 26.3 Å². The number of hydrogen-bond donors (Lipinski definition) is 2. The Kier molecular flexibility index (Phi) is 7.47. The molecule has 0 unspecified atom stereocenters. The zero-order valence-corrected chi connectivity index (χ0v) is 16.5. The van der Waals surface area contributed by atoms with Crippen molar-refractivity contribution in [1.82, 2.24) is 15.1 Å². The van der Waals surface area contributed by atoms with Crippen LogP contribution in [0.2, 0.25) is 0 Å². The first-order valence-electron chi connectivity index (χ1n) is 8.55. The molecule has 7 heteroatoms. The van der Waals surface area contributed by atoms with Crippen molar-refractivity contribution in [2.24, 2.45) is 5.73 Å². The summed E-state index contributed by atoms with van der Waals surface area (Å²) in [5.74, 6) is -0.0704. The average molecular weight is 428 g/mol. The number of amides is 1. The van der Waals surface area contributed by atoms with E-state index in [9.17, 15) is 4.79 Å². The van der Waals surface area contributed by atoms with Gasteiger partial charge in [-0.2, -0.15) is 5.10 Å². The van der Waals surface area contributed by atoms with E-state index in [-0.39, 0.29) is 18.3 Å². The SMILES string of the molecule is Cl.NCCCCNC(=O)c1nn(-c2cccc(Br)c2)c2c1CCCC2. The molecule has 0 fully saturated rings. The third-order valence-corrected chi connectivity index (χ3v) is 4.86. The second-order valence-electron chi connectivity index (χ2n) is 6.12. The second kappa shape index (κ2) is 9.36. The summed E-state index contributed by atoms with van der Waals surface area (Å²) in [5, 5.41) is 7.64. The molecule has 0 spiro atoms. The molecule has 0 saturated heterocycles. The summed E-state index contributed by atoms with van der Waals surface area (Å²) in [5.41, 5.74) is 9.35. The Balaban J connectivity index is 0.00000225. The van der Waals surface area contributed by atoms with Crippen LogP contribution in [0.4, 0.5) is 0 Å². The third kappa shape index (κ3) is 4.63. The number of halogens is 2. The van der Waals surface area contributed by atoms with Crippen LogP contribution in [0, 0.1) is 0 Å². The van der Waals surface area contributed by atoms with Crippen molar-refractivity contribution >= 4 is 34.2 Å². The highest BCUT2D eigenvalue weighted by molar-refractivity contribution is 9.10. The number of nitrogens with two attached hydrogens (primary N) is 1. The van der Waals surface area contributed by atoms with Gasteiger partial charge < -0.3 is 11.1 Å². The molecule has 1 amide bonds. The molecule has 3 N–H and O–H groups in total. The van der Waals surface area contributed by atoms with Gasteiger partial charge in [0.05, 0.1) is 5.69 Å². The van der Waals surface area contributed by atoms with Gasteiger partial charge in [0.25, 0.3) is 5.91 Å². The van der Waals surface area contributed by atoms with Gasteiger partial charge in [0.2, 0.25) is 0 Å². The van der Waals surface area contributed by atoms with E-state index in [1.807, 2.05) is 28.9 Å². The minimum Gasteiger partial charge on any atom is -0.351 e. The second-order valence-corrected chi connectivity index (χ2v) is 7.04. The number of benzene rings is 1. The highest BCUT2D eigenvalue weighted by atomic mass is 79.9. The molecule has 0 bridgehead atoms. The molecule has 3 rings (SSSR count). The van der Waals surface area contributed by atoms with Crippen LogP contribution < -0.4 is 11.1 Å². The van der Waals surface area contributed by atoms with Gasteiger partial charge in [0.1, 0.15) is 0 Å². The molecule has 25 heavy (non-hydrogen) atoms. The average Bonchev–Trinajstić information content (AvgIpc) is 2.98. The monoisotopic (exact) mass is 426 g/mol. The minimum atomic E-state index is -0.0704. The number of carbonyl (C=O) groups is 1. The number of unbranched alkanes of at least 4 members (excludes halogenated alkanes) is 1. The van der Waals surface area contributed by atoms with Gasteiger partial charge in [-0.1, -0.05) is 22.0 Å². The van der Waals surface area contributed by atoms with Crippen molar-refractivity contribution in [2.75, 3.05) is 13.1 Å². The topological polar surface area (TPSA) is 72.9 Å². The van der Waals surface area contributed by atoms with Gasteiger partial charge in [-0.05, 0) is 63.3 Å². The number of fused-ring (bicyclic) bond motifs is 1. The number of nitrogens with one attached hydrogen (secondary N) is 1. The highest BCUT2D eigenvalue weighted by Crippen LogP contribution is 2.27. The van der Waals surface area contributed by atoms with Crippen molar-refractivity contribution in [1.29, 1.82) is 0 Å². The molecule has 136 valence electrons. The maximum Gasteiger partial charge on any atom is 0.272 e. The maximum atomic E-state index is 12.6. The van der Waals surface area contributed by atoms with E-state index in [0.29, 0.717) is 18.8 Å². The lowest BCUT2D eigenvalue weighted by molar-refractivity contribution is 0.0946. The van der Waals surface area contributed by atoms with Gasteiger partial charge in [-0.25, -0.2) is 4.68 Å². The molecule has 1 aromatic heterocycles. The number of nitrogens with zero attached hydrogens (tertiary/aromatic N) is 2. The zero-order chi connectivity index (χ0) is 16.9. The lowest BCUT2D eigenvalue weighted by atomic mass is 9.95. The molecule has 2 aromatic rings. The Morgan fingerprint density at radius 2 is 2.08 bits per heavy atom. The van der Waals surface area contributed by atoms with E-state index in [1.165, 1.54) is 5.69 Å². The molecule has 0 aliphatic heterocycles. The molecule has 1 aromatic carbocycles. The molecular formula is C18H24BrClN4O. The Morgan fingerprint density at radius 1 is 1.28 bits per heavy atom. The van der Waals surface area contributed by atoms with Crippen LogP contribution in [0.15, 0.2) is 28.7 Å². The van der Waals surface area contributed by atoms with Gasteiger partial charge in [-0.3, -0.25) is 4.79 Å². The lowest BCUT2D eigenvalue weighted by Gasteiger charge is -2.14. The quantitative estimate of drug-likeness (QED) is 0.694. The Bertz CT molecular complexity index is 732. The minimum absolute atomic E-state index is 0. The van der Waals surface area contributed by atoms with Crippen LogP contribution in [0.1, 0.15) is 47.4 Å². The Morgan fingerprint density at radius 3 is 2.84 bits per heavy atom. The van der Waals surface area contributed by atoms with Crippen LogP contribution in [-0.4, -0.2) is 28.8 Å². The number of rotatable bonds is 6. The zero-order valence-electron chi connectivity index (χ0n) is 14.1. The standard InChI is InChI=1S/C18H23BrN4O.ClH/c19-13-6-5-7-14(12-13)23-16-9-2-1-8-15(16)17(22-23)18(24)21-11-4-3-10-20;/h5-7,12H,1-4,8-11,20H2,(H,21,24);1H. The van der Waals surface area contributed by atoms with E-state index < -0.39 is 0 Å². The smallest absolute Gasteiger partial charge is 0.272 e. The summed E-state index contributed by atoms with van der Waals surface area (Å²) in [4.78, 5) is 12.6. The van der Waals surface area contributed by atoms with Gasteiger partial charge >= 0.3 is 0 Å². The molecule has 1 aliphatic rings. The molecule has 5 nitrogen and oxygen atoms in total. The fourth-order valence-corrected chi connectivity index (χ4v) is 3.54. The van der Waals surface area contributed by atoms with Crippen LogP contribution in [-0.2, 0) is 12.8 Å².